The minimum absolute atomic E-state index is 0.204. The van der Waals surface area contributed by atoms with E-state index in [4.69, 9.17) is 0 Å². The summed E-state index contributed by atoms with van der Waals surface area (Å²) >= 11 is 0. The van der Waals surface area contributed by atoms with E-state index < -0.39 is 10.0 Å². The van der Waals surface area contributed by atoms with Crippen molar-refractivity contribution < 1.29 is 8.42 Å². The van der Waals surface area contributed by atoms with Gasteiger partial charge in [0.15, 0.2) is 5.65 Å². The standard InChI is InChI=1S/C15H24N6O2S/c1-4-5-13-18-14(12-10-16-20(2)15(12)19-13)17-11-6-8-21(9-7-11)24(3,22)23/h10-11H,4-9H2,1-3H3,(H,17,18,19). The van der Waals surface area contributed by atoms with Crippen molar-refractivity contribution in [1.82, 2.24) is 24.1 Å². The van der Waals surface area contributed by atoms with Crippen LogP contribution in [0.5, 0.6) is 0 Å². The van der Waals surface area contributed by atoms with E-state index in [9.17, 15) is 8.42 Å². The molecular formula is C15H24N6O2S. The normalized spacial score (nSPS) is 17.5. The number of aromatic nitrogens is 4. The van der Waals surface area contributed by atoms with Gasteiger partial charge in [0, 0.05) is 32.6 Å². The first kappa shape index (κ1) is 17.1. The first-order chi connectivity index (χ1) is 11.4. The van der Waals surface area contributed by atoms with Gasteiger partial charge >= 0.3 is 0 Å². The highest BCUT2D eigenvalue weighted by Gasteiger charge is 2.25. The summed E-state index contributed by atoms with van der Waals surface area (Å²) < 4.78 is 26.5. The Morgan fingerprint density at radius 1 is 1.29 bits per heavy atom. The predicted molar refractivity (Wildman–Crippen MR) is 93.4 cm³/mol. The van der Waals surface area contributed by atoms with Gasteiger partial charge in [0.2, 0.25) is 10.0 Å². The van der Waals surface area contributed by atoms with Crippen molar-refractivity contribution >= 4 is 26.9 Å². The maximum Gasteiger partial charge on any atom is 0.211 e. The monoisotopic (exact) mass is 352 g/mol. The van der Waals surface area contributed by atoms with E-state index in [0.717, 1.165) is 48.4 Å². The van der Waals surface area contributed by atoms with Gasteiger partial charge in [-0.2, -0.15) is 5.10 Å². The average molecular weight is 352 g/mol. The number of sulfonamides is 1. The Bertz CT molecular complexity index is 824. The molecule has 2 aromatic heterocycles. The van der Waals surface area contributed by atoms with E-state index in [1.807, 2.05) is 7.05 Å². The molecule has 0 saturated carbocycles. The molecule has 24 heavy (non-hydrogen) atoms. The third kappa shape index (κ3) is 3.51. The Morgan fingerprint density at radius 3 is 2.62 bits per heavy atom. The maximum absolute atomic E-state index is 11.6. The smallest absolute Gasteiger partial charge is 0.211 e. The highest BCUT2D eigenvalue weighted by atomic mass is 32.2. The fourth-order valence-electron chi connectivity index (χ4n) is 3.04. The Morgan fingerprint density at radius 2 is 2.00 bits per heavy atom. The fourth-order valence-corrected chi connectivity index (χ4v) is 3.91. The molecule has 1 aliphatic heterocycles. The second kappa shape index (κ2) is 6.64. The average Bonchev–Trinajstić information content (AvgIpc) is 2.89. The van der Waals surface area contributed by atoms with Crippen LogP contribution in [-0.2, 0) is 23.5 Å². The van der Waals surface area contributed by atoms with E-state index in [1.165, 1.54) is 10.6 Å². The molecular weight excluding hydrogens is 328 g/mol. The third-order valence-electron chi connectivity index (χ3n) is 4.38. The van der Waals surface area contributed by atoms with Crippen molar-refractivity contribution in [2.45, 2.75) is 38.6 Å². The quantitative estimate of drug-likeness (QED) is 0.868. The Hall–Kier alpha value is -1.74. The van der Waals surface area contributed by atoms with Crippen LogP contribution in [0.2, 0.25) is 0 Å². The van der Waals surface area contributed by atoms with Gasteiger partial charge in [-0.3, -0.25) is 4.68 Å². The molecule has 2 aromatic rings. The van der Waals surface area contributed by atoms with Crippen LogP contribution in [0.15, 0.2) is 6.20 Å². The van der Waals surface area contributed by atoms with Gasteiger partial charge in [-0.15, -0.1) is 0 Å². The summed E-state index contributed by atoms with van der Waals surface area (Å²) in [5.41, 5.74) is 0.824. The number of hydrogen-bond acceptors (Lipinski definition) is 6. The molecule has 8 nitrogen and oxygen atoms in total. The lowest BCUT2D eigenvalue weighted by Gasteiger charge is -2.31. The van der Waals surface area contributed by atoms with Crippen molar-refractivity contribution in [2.75, 3.05) is 24.7 Å². The molecule has 0 unspecified atom stereocenters. The number of rotatable bonds is 5. The summed E-state index contributed by atoms with van der Waals surface area (Å²) in [7, 11) is -1.23. The molecule has 0 bridgehead atoms. The minimum atomic E-state index is -3.10. The van der Waals surface area contributed by atoms with Crippen LogP contribution in [0.3, 0.4) is 0 Å². The van der Waals surface area contributed by atoms with E-state index in [-0.39, 0.29) is 6.04 Å². The molecule has 9 heteroatoms. The molecule has 0 aromatic carbocycles. The van der Waals surface area contributed by atoms with Crippen LogP contribution >= 0.6 is 0 Å². The van der Waals surface area contributed by atoms with E-state index in [1.54, 1.807) is 10.9 Å². The molecule has 0 amide bonds. The van der Waals surface area contributed by atoms with E-state index in [2.05, 4.69) is 27.3 Å². The van der Waals surface area contributed by atoms with Crippen LogP contribution in [0.25, 0.3) is 11.0 Å². The molecule has 0 spiro atoms. The summed E-state index contributed by atoms with van der Waals surface area (Å²) in [6, 6.07) is 0.204. The van der Waals surface area contributed by atoms with Crippen LogP contribution in [-0.4, -0.2) is 57.9 Å². The van der Waals surface area contributed by atoms with E-state index >= 15 is 0 Å². The molecule has 132 valence electrons. The zero-order chi connectivity index (χ0) is 17.3. The first-order valence-electron chi connectivity index (χ1n) is 8.28. The second-order valence-corrected chi connectivity index (χ2v) is 8.31. The number of nitrogens with zero attached hydrogens (tertiary/aromatic N) is 5. The Kier molecular flexibility index (Phi) is 4.73. The van der Waals surface area contributed by atoms with Gasteiger partial charge < -0.3 is 5.32 Å². The number of anilines is 1. The van der Waals surface area contributed by atoms with Crippen molar-refractivity contribution in [3.63, 3.8) is 0 Å². The summed E-state index contributed by atoms with van der Waals surface area (Å²) in [5.74, 6) is 1.61. The van der Waals surface area contributed by atoms with Crippen LogP contribution < -0.4 is 5.32 Å². The van der Waals surface area contributed by atoms with Crippen LogP contribution in [0, 0.1) is 0 Å². The van der Waals surface area contributed by atoms with Crippen molar-refractivity contribution in [3.05, 3.63) is 12.0 Å². The summed E-state index contributed by atoms with van der Waals surface area (Å²) in [4.78, 5) is 9.24. The number of nitrogens with one attached hydrogen (secondary N) is 1. The summed E-state index contributed by atoms with van der Waals surface area (Å²) in [5, 5.41) is 8.67. The van der Waals surface area contributed by atoms with Crippen molar-refractivity contribution in [3.8, 4) is 0 Å². The minimum Gasteiger partial charge on any atom is -0.367 e. The molecule has 1 fully saturated rings. The van der Waals surface area contributed by atoms with Crippen LogP contribution in [0.1, 0.15) is 32.0 Å². The number of fused-ring (bicyclic) bond motifs is 1. The molecule has 1 N–H and O–H groups in total. The molecule has 0 atom stereocenters. The SMILES string of the molecule is CCCc1nc(NC2CCN(S(C)(=O)=O)CC2)c2cnn(C)c2n1. The molecule has 0 radical (unpaired) electrons. The lowest BCUT2D eigenvalue weighted by atomic mass is 10.1. The molecule has 3 rings (SSSR count). The lowest BCUT2D eigenvalue weighted by Crippen LogP contribution is -2.42. The van der Waals surface area contributed by atoms with E-state index in [0.29, 0.717) is 13.1 Å². The maximum atomic E-state index is 11.6. The van der Waals surface area contributed by atoms with Crippen LogP contribution in [0.4, 0.5) is 5.82 Å². The first-order valence-corrected chi connectivity index (χ1v) is 10.1. The van der Waals surface area contributed by atoms with Crippen molar-refractivity contribution in [1.29, 1.82) is 0 Å². The molecule has 0 aliphatic carbocycles. The van der Waals surface area contributed by atoms with Gasteiger partial charge in [-0.25, -0.2) is 22.7 Å². The van der Waals surface area contributed by atoms with Gasteiger partial charge in [0.05, 0.1) is 17.8 Å². The lowest BCUT2D eigenvalue weighted by molar-refractivity contribution is 0.331. The Balaban J connectivity index is 1.80. The Labute approximate surface area is 142 Å². The van der Waals surface area contributed by atoms with Gasteiger partial charge in [-0.1, -0.05) is 6.92 Å². The number of aryl methyl sites for hydroxylation is 2. The number of hydrogen-bond donors (Lipinski definition) is 1. The topological polar surface area (TPSA) is 93.0 Å². The highest BCUT2D eigenvalue weighted by molar-refractivity contribution is 7.88. The number of piperidine rings is 1. The van der Waals surface area contributed by atoms with Gasteiger partial charge in [0.25, 0.3) is 0 Å². The third-order valence-corrected chi connectivity index (χ3v) is 5.68. The second-order valence-electron chi connectivity index (χ2n) is 6.32. The molecule has 1 saturated heterocycles. The molecule has 1 aliphatic rings. The summed E-state index contributed by atoms with van der Waals surface area (Å²) in [6.45, 7) is 3.18. The zero-order valence-corrected chi connectivity index (χ0v) is 15.2. The zero-order valence-electron chi connectivity index (χ0n) is 14.4. The van der Waals surface area contributed by atoms with Crippen molar-refractivity contribution in [2.24, 2.45) is 7.05 Å². The predicted octanol–water partition coefficient (Wildman–Crippen LogP) is 1.15. The largest absolute Gasteiger partial charge is 0.367 e. The fraction of sp³-hybridized carbons (Fsp3) is 0.667. The van der Waals surface area contributed by atoms with Gasteiger partial charge in [0.1, 0.15) is 11.6 Å². The molecule has 3 heterocycles. The highest BCUT2D eigenvalue weighted by Crippen LogP contribution is 2.23. The summed E-state index contributed by atoms with van der Waals surface area (Å²) in [6.07, 6.45) is 6.38. The van der Waals surface area contributed by atoms with Gasteiger partial charge in [-0.05, 0) is 19.3 Å².